The predicted molar refractivity (Wildman–Crippen MR) is 74.7 cm³/mol. The second-order valence-electron chi connectivity index (χ2n) is 4.57. The van der Waals surface area contributed by atoms with Crippen LogP contribution < -0.4 is 10.1 Å². The Hall–Kier alpha value is -2.50. The molecule has 2 heterocycles. The summed E-state index contributed by atoms with van der Waals surface area (Å²) < 4.78 is 5.38. The van der Waals surface area contributed by atoms with Crippen molar-refractivity contribution in [2.45, 2.75) is 26.9 Å². The van der Waals surface area contributed by atoms with E-state index in [0.29, 0.717) is 17.3 Å². The Kier molecular flexibility index (Phi) is 4.24. The molecule has 0 aromatic carbocycles. The van der Waals surface area contributed by atoms with Gasteiger partial charge in [0.05, 0.1) is 11.7 Å². The van der Waals surface area contributed by atoms with Crippen molar-refractivity contribution in [3.63, 3.8) is 0 Å². The van der Waals surface area contributed by atoms with Crippen molar-refractivity contribution < 1.29 is 9.53 Å². The van der Waals surface area contributed by atoms with Gasteiger partial charge in [0, 0.05) is 18.0 Å². The summed E-state index contributed by atoms with van der Waals surface area (Å²) in [4.78, 5) is 16.0. The number of carbonyl (C=O) groups excluding carboxylic acids is 1. The molecule has 0 spiro atoms. The highest BCUT2D eigenvalue weighted by Gasteiger charge is 2.08. The van der Waals surface area contributed by atoms with Crippen LogP contribution in [0.4, 0.5) is 5.82 Å². The van der Waals surface area contributed by atoms with Crippen LogP contribution >= 0.6 is 0 Å². The fourth-order valence-electron chi connectivity index (χ4n) is 1.48. The number of nitrogens with zero attached hydrogens (tertiary/aromatic N) is 3. The zero-order valence-corrected chi connectivity index (χ0v) is 11.6. The number of ether oxygens (including phenoxy) is 1. The SMILES string of the molecule is Cc1ccc(C(=O)Nc2ccc(OC(C)C)nn2)cn1. The number of hydrogen-bond donors (Lipinski definition) is 1. The number of anilines is 1. The Bertz CT molecular complexity index is 579. The second-order valence-corrected chi connectivity index (χ2v) is 4.57. The Balaban J connectivity index is 2.02. The lowest BCUT2D eigenvalue weighted by Gasteiger charge is -2.08. The molecule has 0 aliphatic rings. The first-order chi connectivity index (χ1) is 9.54. The third-order valence-corrected chi connectivity index (χ3v) is 2.41. The molecule has 0 bridgehead atoms. The van der Waals surface area contributed by atoms with Crippen LogP contribution in [0.5, 0.6) is 5.88 Å². The quantitative estimate of drug-likeness (QED) is 0.923. The van der Waals surface area contributed by atoms with E-state index in [9.17, 15) is 4.79 Å². The first-order valence-corrected chi connectivity index (χ1v) is 6.29. The molecule has 6 nitrogen and oxygen atoms in total. The number of hydrogen-bond acceptors (Lipinski definition) is 5. The summed E-state index contributed by atoms with van der Waals surface area (Å²) in [7, 11) is 0. The minimum Gasteiger partial charge on any atom is -0.474 e. The van der Waals surface area contributed by atoms with Gasteiger partial charge in [-0.3, -0.25) is 9.78 Å². The summed E-state index contributed by atoms with van der Waals surface area (Å²) in [6, 6.07) is 6.79. The molecular formula is C14H16N4O2. The topological polar surface area (TPSA) is 77.0 Å². The molecule has 0 saturated heterocycles. The highest BCUT2D eigenvalue weighted by molar-refractivity contribution is 6.03. The summed E-state index contributed by atoms with van der Waals surface area (Å²) in [5.41, 5.74) is 1.33. The maximum Gasteiger partial charge on any atom is 0.258 e. The number of rotatable bonds is 4. The lowest BCUT2D eigenvalue weighted by Crippen LogP contribution is -2.14. The zero-order valence-electron chi connectivity index (χ0n) is 11.6. The molecule has 0 aliphatic carbocycles. The minimum absolute atomic E-state index is 0.0309. The standard InChI is InChI=1S/C14H16N4O2/c1-9(2)20-13-7-6-12(17-18-13)16-14(19)11-5-4-10(3)15-8-11/h4-9H,1-3H3,(H,16,17,19). The molecule has 1 amide bonds. The summed E-state index contributed by atoms with van der Waals surface area (Å²) in [5.74, 6) is 0.519. The second kappa shape index (κ2) is 6.10. The van der Waals surface area contributed by atoms with Crippen LogP contribution in [0, 0.1) is 6.92 Å². The van der Waals surface area contributed by atoms with Crippen molar-refractivity contribution in [2.24, 2.45) is 0 Å². The largest absolute Gasteiger partial charge is 0.474 e. The normalized spacial score (nSPS) is 10.4. The monoisotopic (exact) mass is 272 g/mol. The zero-order chi connectivity index (χ0) is 14.5. The van der Waals surface area contributed by atoms with Crippen molar-refractivity contribution in [1.82, 2.24) is 15.2 Å². The summed E-state index contributed by atoms with van der Waals surface area (Å²) in [6.45, 7) is 5.67. The summed E-state index contributed by atoms with van der Waals surface area (Å²) in [6.07, 6.45) is 1.55. The van der Waals surface area contributed by atoms with E-state index in [2.05, 4.69) is 20.5 Å². The van der Waals surface area contributed by atoms with E-state index in [1.807, 2.05) is 20.8 Å². The van der Waals surface area contributed by atoms with Crippen molar-refractivity contribution in [3.05, 3.63) is 41.7 Å². The highest BCUT2D eigenvalue weighted by atomic mass is 16.5. The molecule has 0 unspecified atom stereocenters. The molecule has 2 aromatic heterocycles. The number of aryl methyl sites for hydroxylation is 1. The van der Waals surface area contributed by atoms with Crippen LogP contribution in [-0.4, -0.2) is 27.2 Å². The van der Waals surface area contributed by atoms with Gasteiger partial charge >= 0.3 is 0 Å². The smallest absolute Gasteiger partial charge is 0.258 e. The molecule has 104 valence electrons. The third-order valence-electron chi connectivity index (χ3n) is 2.41. The number of amides is 1. The molecule has 2 aromatic rings. The Morgan fingerprint density at radius 1 is 1.20 bits per heavy atom. The lowest BCUT2D eigenvalue weighted by molar-refractivity contribution is 0.102. The van der Waals surface area contributed by atoms with Crippen LogP contribution in [0.1, 0.15) is 29.9 Å². The summed E-state index contributed by atoms with van der Waals surface area (Å²) >= 11 is 0. The number of pyridine rings is 1. The number of carbonyl (C=O) groups is 1. The van der Waals surface area contributed by atoms with Gasteiger partial charge < -0.3 is 10.1 Å². The van der Waals surface area contributed by atoms with Crippen LogP contribution in [0.3, 0.4) is 0 Å². The molecule has 2 rings (SSSR count). The first-order valence-electron chi connectivity index (χ1n) is 6.29. The van der Waals surface area contributed by atoms with E-state index in [1.165, 1.54) is 6.20 Å². The maximum atomic E-state index is 11.9. The van der Waals surface area contributed by atoms with E-state index in [0.717, 1.165) is 5.69 Å². The molecule has 1 N–H and O–H groups in total. The van der Waals surface area contributed by atoms with Crippen molar-refractivity contribution in [1.29, 1.82) is 0 Å². The van der Waals surface area contributed by atoms with Crippen molar-refractivity contribution in [3.8, 4) is 5.88 Å². The van der Waals surface area contributed by atoms with E-state index in [4.69, 9.17) is 4.74 Å². The van der Waals surface area contributed by atoms with Gasteiger partial charge in [0.25, 0.3) is 5.91 Å². The average Bonchev–Trinajstić information content (AvgIpc) is 2.41. The van der Waals surface area contributed by atoms with E-state index < -0.39 is 0 Å². The van der Waals surface area contributed by atoms with Crippen molar-refractivity contribution >= 4 is 11.7 Å². The molecule has 0 fully saturated rings. The van der Waals surface area contributed by atoms with Gasteiger partial charge in [-0.15, -0.1) is 10.2 Å². The molecule has 0 atom stereocenters. The molecule has 6 heteroatoms. The lowest BCUT2D eigenvalue weighted by atomic mass is 10.2. The van der Waals surface area contributed by atoms with E-state index >= 15 is 0 Å². The Labute approximate surface area is 117 Å². The fraction of sp³-hybridized carbons (Fsp3) is 0.286. The molecule has 20 heavy (non-hydrogen) atoms. The number of nitrogens with one attached hydrogen (secondary N) is 1. The van der Waals surface area contributed by atoms with Crippen LogP contribution in [0.15, 0.2) is 30.5 Å². The van der Waals surface area contributed by atoms with Gasteiger partial charge in [0.15, 0.2) is 5.82 Å². The molecule has 0 aliphatic heterocycles. The van der Waals surface area contributed by atoms with Gasteiger partial charge in [0.1, 0.15) is 0 Å². The van der Waals surface area contributed by atoms with Gasteiger partial charge in [-0.2, -0.15) is 0 Å². The third kappa shape index (κ3) is 3.74. The molecule has 0 saturated carbocycles. The number of aromatic nitrogens is 3. The summed E-state index contributed by atoms with van der Waals surface area (Å²) in [5, 5.41) is 10.4. The molecular weight excluding hydrogens is 256 g/mol. The van der Waals surface area contributed by atoms with Gasteiger partial charge in [0.2, 0.25) is 5.88 Å². The average molecular weight is 272 g/mol. The Morgan fingerprint density at radius 2 is 2.00 bits per heavy atom. The maximum absolute atomic E-state index is 11.9. The van der Waals surface area contributed by atoms with E-state index in [-0.39, 0.29) is 12.0 Å². The van der Waals surface area contributed by atoms with Crippen molar-refractivity contribution in [2.75, 3.05) is 5.32 Å². The predicted octanol–water partition coefficient (Wildman–Crippen LogP) is 2.22. The minimum atomic E-state index is -0.274. The highest BCUT2D eigenvalue weighted by Crippen LogP contribution is 2.11. The fourth-order valence-corrected chi connectivity index (χ4v) is 1.48. The van der Waals surface area contributed by atoms with Gasteiger partial charge in [-0.25, -0.2) is 0 Å². The van der Waals surface area contributed by atoms with E-state index in [1.54, 1.807) is 24.3 Å². The van der Waals surface area contributed by atoms with Gasteiger partial charge in [-0.1, -0.05) is 0 Å². The molecule has 0 radical (unpaired) electrons. The Morgan fingerprint density at radius 3 is 2.55 bits per heavy atom. The van der Waals surface area contributed by atoms with Crippen LogP contribution in [-0.2, 0) is 0 Å². The van der Waals surface area contributed by atoms with Crippen LogP contribution in [0.2, 0.25) is 0 Å². The first kappa shape index (κ1) is 13.9. The van der Waals surface area contributed by atoms with Crippen LogP contribution in [0.25, 0.3) is 0 Å². The van der Waals surface area contributed by atoms with Gasteiger partial charge in [-0.05, 0) is 39.0 Å².